The lowest BCUT2D eigenvalue weighted by atomic mass is 9.72. The normalized spacial score (nSPS) is 27.3. The number of phenols is 2. The van der Waals surface area contributed by atoms with Crippen LogP contribution in [0.15, 0.2) is 18.2 Å². The van der Waals surface area contributed by atoms with E-state index in [1.165, 1.54) is 25.3 Å². The van der Waals surface area contributed by atoms with Crippen molar-refractivity contribution in [3.63, 3.8) is 0 Å². The molecule has 44 heavy (non-hydrogen) atoms. The standard InChI is InChI=1S/C27H29NO11.C2H3FO2/c1-10-22(31)13(28)6-17(38-10)39-15-8-27(36,16(30)9-29)7-12-19(15)26(35)21-20(24(12)33)23(32)11-4-3-5-14(37-2)18(11)25(21)34;3-1-2(4)5/h3-5,10,13,15,17,22,29,31,33,35-36H,6-9,28H2,1-2H3;1H2,(H,4,5)/t10-,13-,15-,17-,22+,27-;/m0./s1. The van der Waals surface area contributed by atoms with Gasteiger partial charge in [0, 0.05) is 42.0 Å². The highest BCUT2D eigenvalue weighted by Crippen LogP contribution is 2.52. The number of aliphatic hydroxyl groups is 3. The number of carboxylic acids is 1. The second kappa shape index (κ2) is 12.6. The summed E-state index contributed by atoms with van der Waals surface area (Å²) in [5.74, 6) is -5.19. The number of aliphatic hydroxyl groups excluding tert-OH is 2. The molecule has 238 valence electrons. The van der Waals surface area contributed by atoms with Gasteiger partial charge >= 0.3 is 5.97 Å². The average Bonchev–Trinajstić information content (AvgIpc) is 2.99. The lowest BCUT2D eigenvalue weighted by Crippen LogP contribution is -2.53. The predicted octanol–water partition coefficient (Wildman–Crippen LogP) is 0.0418. The number of aromatic hydroxyl groups is 2. The van der Waals surface area contributed by atoms with Crippen molar-refractivity contribution in [2.45, 2.75) is 62.4 Å². The van der Waals surface area contributed by atoms with Crippen LogP contribution < -0.4 is 10.5 Å². The van der Waals surface area contributed by atoms with E-state index in [-0.39, 0.29) is 34.4 Å². The number of rotatable bonds is 6. The molecule has 15 heteroatoms. The van der Waals surface area contributed by atoms with Gasteiger partial charge in [-0.1, -0.05) is 12.1 Å². The smallest absolute Gasteiger partial charge is 0.335 e. The molecule has 0 aromatic heterocycles. The number of ether oxygens (including phenoxy) is 3. The largest absolute Gasteiger partial charge is 0.507 e. The van der Waals surface area contributed by atoms with Crippen molar-refractivity contribution in [3.8, 4) is 17.2 Å². The molecule has 1 heterocycles. The quantitative estimate of drug-likeness (QED) is 0.180. The maximum Gasteiger partial charge on any atom is 0.335 e. The third kappa shape index (κ3) is 5.65. The van der Waals surface area contributed by atoms with Crippen LogP contribution in [0.1, 0.15) is 68.8 Å². The molecule has 0 unspecified atom stereocenters. The minimum Gasteiger partial charge on any atom is -0.507 e. The fourth-order valence-corrected chi connectivity index (χ4v) is 5.75. The first-order chi connectivity index (χ1) is 20.7. The fourth-order valence-electron chi connectivity index (χ4n) is 5.75. The molecule has 1 fully saturated rings. The van der Waals surface area contributed by atoms with Gasteiger partial charge in [0.25, 0.3) is 0 Å². The second-order valence-electron chi connectivity index (χ2n) is 10.7. The zero-order valence-electron chi connectivity index (χ0n) is 23.7. The van der Waals surface area contributed by atoms with E-state index < -0.39 is 108 Å². The van der Waals surface area contributed by atoms with Gasteiger partial charge in [-0.15, -0.1) is 0 Å². The SMILES string of the molecule is COc1cccc2c1C(=O)c1c(O)c3c(c(O)c1C2=O)C[C@@](O)(C(=O)CO)C[C@@H]3O[C@H]1C[C@H](N)[C@H](O)[C@H](C)O1.O=C(O)CF. The van der Waals surface area contributed by atoms with Crippen LogP contribution in [-0.2, 0) is 25.5 Å². The van der Waals surface area contributed by atoms with Crippen LogP contribution in [0.3, 0.4) is 0 Å². The number of phenolic OH excluding ortho intramolecular Hbond substituents is 2. The lowest BCUT2D eigenvalue weighted by Gasteiger charge is -2.42. The summed E-state index contributed by atoms with van der Waals surface area (Å²) >= 11 is 0. The summed E-state index contributed by atoms with van der Waals surface area (Å²) in [6.07, 6.45) is -5.12. The molecule has 6 atom stereocenters. The lowest BCUT2D eigenvalue weighted by molar-refractivity contribution is -0.247. The maximum atomic E-state index is 13.6. The Labute approximate surface area is 249 Å². The zero-order chi connectivity index (χ0) is 32.7. The van der Waals surface area contributed by atoms with Crippen LogP contribution >= 0.6 is 0 Å². The van der Waals surface area contributed by atoms with Gasteiger partial charge < -0.3 is 50.6 Å². The van der Waals surface area contributed by atoms with Crippen LogP contribution in [0.25, 0.3) is 0 Å². The molecular formula is C29H32FNO13. The number of hydrogen-bond acceptors (Lipinski definition) is 13. The maximum absolute atomic E-state index is 13.6. The predicted molar refractivity (Wildman–Crippen MR) is 145 cm³/mol. The number of carbonyl (C=O) groups excluding carboxylic acids is 3. The van der Waals surface area contributed by atoms with E-state index in [9.17, 15) is 44.3 Å². The summed E-state index contributed by atoms with van der Waals surface area (Å²) in [5.41, 5.74) is 2.37. The number of hydrogen-bond donors (Lipinski definition) is 7. The highest BCUT2D eigenvalue weighted by atomic mass is 19.1. The van der Waals surface area contributed by atoms with Gasteiger partial charge in [-0.05, 0) is 13.0 Å². The average molecular weight is 622 g/mol. The summed E-state index contributed by atoms with van der Waals surface area (Å²) in [6.45, 7) is -0.718. The number of nitrogens with two attached hydrogens (primary N) is 1. The van der Waals surface area contributed by atoms with Gasteiger partial charge in [-0.25, -0.2) is 9.18 Å². The van der Waals surface area contributed by atoms with Gasteiger partial charge in [0.15, 0.2) is 24.5 Å². The highest BCUT2D eigenvalue weighted by molar-refractivity contribution is 6.31. The molecule has 0 bridgehead atoms. The number of alkyl halides is 1. The minimum absolute atomic E-state index is 0.0173. The van der Waals surface area contributed by atoms with Gasteiger partial charge in [0.05, 0.1) is 42.1 Å². The molecule has 3 aliphatic rings. The van der Waals surface area contributed by atoms with E-state index in [0.717, 1.165) is 0 Å². The second-order valence-corrected chi connectivity index (χ2v) is 10.7. The van der Waals surface area contributed by atoms with E-state index in [0.29, 0.717) is 0 Å². The van der Waals surface area contributed by atoms with Crippen molar-refractivity contribution in [1.82, 2.24) is 0 Å². The third-order valence-electron chi connectivity index (χ3n) is 7.92. The first-order valence-corrected chi connectivity index (χ1v) is 13.5. The molecule has 1 aliphatic heterocycles. The summed E-state index contributed by atoms with van der Waals surface area (Å²) in [7, 11) is 1.32. The van der Waals surface area contributed by atoms with Gasteiger partial charge in [-0.3, -0.25) is 14.4 Å². The molecule has 0 saturated carbocycles. The molecule has 14 nitrogen and oxygen atoms in total. The number of aliphatic carboxylic acids is 1. The van der Waals surface area contributed by atoms with Crippen molar-refractivity contribution in [2.24, 2.45) is 5.73 Å². The first-order valence-electron chi connectivity index (χ1n) is 13.5. The van der Waals surface area contributed by atoms with E-state index in [1.54, 1.807) is 6.92 Å². The van der Waals surface area contributed by atoms with Crippen molar-refractivity contribution in [3.05, 3.63) is 51.6 Å². The Kier molecular flexibility index (Phi) is 9.39. The minimum atomic E-state index is -2.24. The van der Waals surface area contributed by atoms with Crippen molar-refractivity contribution < 1.29 is 68.4 Å². The third-order valence-corrected chi connectivity index (χ3v) is 7.92. The summed E-state index contributed by atoms with van der Waals surface area (Å²) in [4.78, 5) is 48.7. The number of methoxy groups -OCH3 is 1. The van der Waals surface area contributed by atoms with Crippen molar-refractivity contribution >= 4 is 23.3 Å². The van der Waals surface area contributed by atoms with Crippen LogP contribution in [0, 0.1) is 0 Å². The first kappa shape index (κ1) is 32.9. The molecule has 0 amide bonds. The van der Waals surface area contributed by atoms with Crippen LogP contribution in [0.2, 0.25) is 0 Å². The Morgan fingerprint density at radius 3 is 2.34 bits per heavy atom. The van der Waals surface area contributed by atoms with Gasteiger partial charge in [-0.2, -0.15) is 0 Å². The van der Waals surface area contributed by atoms with Crippen molar-refractivity contribution in [1.29, 1.82) is 0 Å². The number of benzene rings is 2. The van der Waals surface area contributed by atoms with Gasteiger partial charge in [0.1, 0.15) is 29.5 Å². The Morgan fingerprint density at radius 1 is 1.14 bits per heavy atom. The van der Waals surface area contributed by atoms with E-state index in [2.05, 4.69) is 0 Å². The Bertz CT molecular complexity index is 1500. The molecule has 0 spiro atoms. The molecule has 2 aromatic carbocycles. The monoisotopic (exact) mass is 621 g/mol. The van der Waals surface area contributed by atoms with Gasteiger partial charge in [0.2, 0.25) is 5.78 Å². The van der Waals surface area contributed by atoms with Crippen LogP contribution in [-0.4, -0.2) is 104 Å². The Hall–Kier alpha value is -3.99. The number of ketones is 3. The number of carboxylic acid groups (broad SMARTS) is 1. The fraction of sp³-hybridized carbons (Fsp3) is 0.448. The van der Waals surface area contributed by atoms with E-state index in [4.69, 9.17) is 29.8 Å². The zero-order valence-corrected chi connectivity index (χ0v) is 23.7. The Morgan fingerprint density at radius 2 is 1.77 bits per heavy atom. The van der Waals surface area contributed by atoms with Crippen LogP contribution in [0.4, 0.5) is 4.39 Å². The van der Waals surface area contributed by atoms with E-state index >= 15 is 0 Å². The van der Waals surface area contributed by atoms with E-state index in [1.807, 2.05) is 0 Å². The topological polar surface area (TPSA) is 243 Å². The van der Waals surface area contributed by atoms with Crippen LogP contribution in [0.5, 0.6) is 17.2 Å². The number of Topliss-reactive ketones (excluding diaryl/α,β-unsaturated/α-hetero) is 1. The number of halogens is 1. The Balaban J connectivity index is 0.000000818. The molecule has 0 radical (unpaired) electrons. The highest BCUT2D eigenvalue weighted by Gasteiger charge is 2.50. The molecule has 2 aliphatic carbocycles. The number of carbonyl (C=O) groups is 4. The molecular weight excluding hydrogens is 589 g/mol. The summed E-state index contributed by atoms with van der Waals surface area (Å²) in [5, 5.41) is 61.0. The summed E-state index contributed by atoms with van der Waals surface area (Å²) in [6, 6.07) is 3.64. The summed E-state index contributed by atoms with van der Waals surface area (Å²) < 4.78 is 27.5. The molecule has 8 N–H and O–H groups in total. The molecule has 1 saturated heterocycles. The molecule has 2 aromatic rings. The molecule has 5 rings (SSSR count). The van der Waals surface area contributed by atoms with Crippen molar-refractivity contribution in [2.75, 3.05) is 20.4 Å². The number of fused-ring (bicyclic) bond motifs is 3.